The Morgan fingerprint density at radius 3 is 2.11 bits per heavy atom. The first kappa shape index (κ1) is 19.8. The van der Waals surface area contributed by atoms with Crippen LogP contribution in [0.5, 0.6) is 17.4 Å². The predicted molar refractivity (Wildman–Crippen MR) is 109 cm³/mol. The molecule has 0 N–H and O–H groups in total. The number of fused-ring (bicyclic) bond motifs is 1. The molecule has 27 heavy (non-hydrogen) atoms. The zero-order valence-electron chi connectivity index (χ0n) is 15.1. The molecule has 0 radical (unpaired) electrons. The van der Waals surface area contributed by atoms with Gasteiger partial charge in [0.05, 0.1) is 36.1 Å². The standard InChI is InChI=1S/C19H17Cl3N2O3/c1-9(2)27-19-11-6-15(20)23-8-10(11)5-12(24-19)16-17(21)13(25-3)7-14(26-4)18(16)22/h5-9H,1-4H3. The Hall–Kier alpha value is -1.95. The fourth-order valence-electron chi connectivity index (χ4n) is 2.64. The molecule has 0 aliphatic rings. The van der Waals surface area contributed by atoms with Crippen molar-refractivity contribution in [3.05, 3.63) is 39.6 Å². The Morgan fingerprint density at radius 1 is 0.926 bits per heavy atom. The number of hydrogen-bond donors (Lipinski definition) is 0. The molecule has 0 aliphatic carbocycles. The highest BCUT2D eigenvalue weighted by Crippen LogP contribution is 2.46. The van der Waals surface area contributed by atoms with Crippen molar-refractivity contribution in [2.75, 3.05) is 14.2 Å². The Labute approximate surface area is 172 Å². The number of methoxy groups -OCH3 is 2. The Kier molecular flexibility index (Phi) is 5.84. The molecular weight excluding hydrogens is 411 g/mol. The van der Waals surface area contributed by atoms with E-state index < -0.39 is 0 Å². The maximum atomic E-state index is 6.53. The van der Waals surface area contributed by atoms with Crippen LogP contribution in [0.4, 0.5) is 0 Å². The molecule has 2 heterocycles. The van der Waals surface area contributed by atoms with Gasteiger partial charge in [0.25, 0.3) is 0 Å². The van der Waals surface area contributed by atoms with Gasteiger partial charge in [0.2, 0.25) is 5.88 Å². The number of aromatic nitrogens is 2. The predicted octanol–water partition coefficient (Wildman–Crippen LogP) is 6.06. The fraction of sp³-hybridized carbons (Fsp3) is 0.263. The summed E-state index contributed by atoms with van der Waals surface area (Å²) >= 11 is 19.1. The van der Waals surface area contributed by atoms with Gasteiger partial charge in [-0.05, 0) is 26.0 Å². The molecule has 0 fully saturated rings. The largest absolute Gasteiger partial charge is 0.495 e. The average molecular weight is 428 g/mol. The van der Waals surface area contributed by atoms with Crippen LogP contribution < -0.4 is 14.2 Å². The van der Waals surface area contributed by atoms with Crippen molar-refractivity contribution < 1.29 is 14.2 Å². The molecule has 0 saturated heterocycles. The summed E-state index contributed by atoms with van der Waals surface area (Å²) in [6.07, 6.45) is 1.56. The minimum atomic E-state index is -0.0892. The quantitative estimate of drug-likeness (QED) is 0.463. The van der Waals surface area contributed by atoms with E-state index in [1.54, 1.807) is 18.3 Å². The van der Waals surface area contributed by atoms with Gasteiger partial charge in [-0.3, -0.25) is 0 Å². The van der Waals surface area contributed by atoms with E-state index >= 15 is 0 Å². The lowest BCUT2D eigenvalue weighted by molar-refractivity contribution is 0.236. The number of benzene rings is 1. The highest BCUT2D eigenvalue weighted by Gasteiger charge is 2.21. The van der Waals surface area contributed by atoms with Gasteiger partial charge in [-0.15, -0.1) is 0 Å². The maximum Gasteiger partial charge on any atom is 0.222 e. The van der Waals surface area contributed by atoms with Gasteiger partial charge in [-0.2, -0.15) is 0 Å². The van der Waals surface area contributed by atoms with Crippen LogP contribution in [-0.2, 0) is 0 Å². The van der Waals surface area contributed by atoms with Crippen molar-refractivity contribution in [3.8, 4) is 28.6 Å². The summed E-state index contributed by atoms with van der Waals surface area (Å²) in [5.74, 6) is 1.27. The van der Waals surface area contributed by atoms with E-state index in [1.165, 1.54) is 14.2 Å². The van der Waals surface area contributed by atoms with Crippen molar-refractivity contribution >= 4 is 45.6 Å². The highest BCUT2D eigenvalue weighted by atomic mass is 35.5. The Morgan fingerprint density at radius 2 is 1.56 bits per heavy atom. The maximum absolute atomic E-state index is 6.53. The van der Waals surface area contributed by atoms with Crippen molar-refractivity contribution in [1.29, 1.82) is 0 Å². The first-order chi connectivity index (χ1) is 12.8. The van der Waals surface area contributed by atoms with Crippen LogP contribution in [-0.4, -0.2) is 30.3 Å². The molecule has 0 atom stereocenters. The number of rotatable bonds is 5. The molecule has 0 aliphatic heterocycles. The van der Waals surface area contributed by atoms with Gasteiger partial charge in [0, 0.05) is 28.6 Å². The molecular formula is C19H17Cl3N2O3. The molecule has 3 rings (SSSR count). The summed E-state index contributed by atoms with van der Waals surface area (Å²) in [6.45, 7) is 3.83. The third kappa shape index (κ3) is 3.86. The number of nitrogens with zero attached hydrogens (tertiary/aromatic N) is 2. The molecule has 1 aromatic carbocycles. The number of ether oxygens (including phenoxy) is 3. The molecule has 142 valence electrons. The molecule has 3 aromatic rings. The van der Waals surface area contributed by atoms with Crippen LogP contribution in [0.1, 0.15) is 13.8 Å². The minimum Gasteiger partial charge on any atom is -0.495 e. The third-order valence-electron chi connectivity index (χ3n) is 3.82. The van der Waals surface area contributed by atoms with E-state index in [-0.39, 0.29) is 6.10 Å². The van der Waals surface area contributed by atoms with Crippen molar-refractivity contribution in [3.63, 3.8) is 0 Å². The van der Waals surface area contributed by atoms with Crippen molar-refractivity contribution in [1.82, 2.24) is 9.97 Å². The summed E-state index contributed by atoms with van der Waals surface area (Å²) in [5.41, 5.74) is 0.995. The molecule has 0 saturated carbocycles. The van der Waals surface area contributed by atoms with Crippen LogP contribution in [0.3, 0.4) is 0 Å². The molecule has 0 bridgehead atoms. The molecule has 0 unspecified atom stereocenters. The molecule has 8 heteroatoms. The lowest BCUT2D eigenvalue weighted by Crippen LogP contribution is -2.08. The van der Waals surface area contributed by atoms with Gasteiger partial charge in [0.1, 0.15) is 16.7 Å². The lowest BCUT2D eigenvalue weighted by atomic mass is 10.1. The number of halogens is 3. The summed E-state index contributed by atoms with van der Waals surface area (Å²) in [7, 11) is 3.04. The molecule has 2 aromatic heterocycles. The van der Waals surface area contributed by atoms with Gasteiger partial charge < -0.3 is 14.2 Å². The van der Waals surface area contributed by atoms with Gasteiger partial charge in [-0.25, -0.2) is 9.97 Å². The van der Waals surface area contributed by atoms with Crippen molar-refractivity contribution in [2.45, 2.75) is 20.0 Å². The van der Waals surface area contributed by atoms with Crippen LogP contribution in [0, 0.1) is 0 Å². The Bertz CT molecular complexity index is 981. The third-order valence-corrected chi connectivity index (χ3v) is 4.78. The monoisotopic (exact) mass is 426 g/mol. The first-order valence-corrected chi connectivity index (χ1v) is 9.22. The van der Waals surface area contributed by atoms with Crippen LogP contribution in [0.15, 0.2) is 24.4 Å². The van der Waals surface area contributed by atoms with Gasteiger partial charge in [0.15, 0.2) is 0 Å². The van der Waals surface area contributed by atoms with E-state index in [4.69, 9.17) is 49.0 Å². The molecule has 5 nitrogen and oxygen atoms in total. The fourth-order valence-corrected chi connectivity index (χ4v) is 3.49. The second-order valence-corrected chi connectivity index (χ2v) is 7.13. The summed E-state index contributed by atoms with van der Waals surface area (Å²) in [5, 5.41) is 2.54. The first-order valence-electron chi connectivity index (χ1n) is 8.09. The Balaban J connectivity index is 2.34. The van der Waals surface area contributed by atoms with E-state index in [9.17, 15) is 0 Å². The second-order valence-electron chi connectivity index (χ2n) is 5.99. The lowest BCUT2D eigenvalue weighted by Gasteiger charge is -2.17. The second kappa shape index (κ2) is 7.97. The molecule has 0 spiro atoms. The highest BCUT2D eigenvalue weighted by molar-refractivity contribution is 6.41. The summed E-state index contributed by atoms with van der Waals surface area (Å²) in [4.78, 5) is 8.78. The smallest absolute Gasteiger partial charge is 0.222 e. The number of hydrogen-bond acceptors (Lipinski definition) is 5. The van der Waals surface area contributed by atoms with Crippen LogP contribution in [0.25, 0.3) is 22.0 Å². The normalized spacial score (nSPS) is 11.1. The zero-order valence-corrected chi connectivity index (χ0v) is 17.4. The van der Waals surface area contributed by atoms with Gasteiger partial charge >= 0.3 is 0 Å². The summed E-state index contributed by atoms with van der Waals surface area (Å²) < 4.78 is 16.6. The zero-order chi connectivity index (χ0) is 19.7. The van der Waals surface area contributed by atoms with Crippen LogP contribution >= 0.6 is 34.8 Å². The van der Waals surface area contributed by atoms with E-state index in [2.05, 4.69) is 9.97 Å². The number of pyridine rings is 2. The van der Waals surface area contributed by atoms with E-state index in [0.717, 1.165) is 10.8 Å². The average Bonchev–Trinajstić information content (AvgIpc) is 2.62. The van der Waals surface area contributed by atoms with Gasteiger partial charge in [-0.1, -0.05) is 34.8 Å². The van der Waals surface area contributed by atoms with Crippen molar-refractivity contribution in [2.24, 2.45) is 0 Å². The summed E-state index contributed by atoms with van der Waals surface area (Å²) in [6, 6.07) is 5.15. The SMILES string of the molecule is COc1cc(OC)c(Cl)c(-c2cc3cnc(Cl)cc3c(OC(C)C)n2)c1Cl. The minimum absolute atomic E-state index is 0.0892. The van der Waals surface area contributed by atoms with E-state index in [0.29, 0.717) is 43.8 Å². The van der Waals surface area contributed by atoms with E-state index in [1.807, 2.05) is 19.9 Å². The molecule has 0 amide bonds. The van der Waals surface area contributed by atoms with Crippen LogP contribution in [0.2, 0.25) is 15.2 Å². The topological polar surface area (TPSA) is 53.5 Å².